The number of hydrogen-bond donors (Lipinski definition) is 0. The van der Waals surface area contributed by atoms with Crippen LogP contribution in [-0.4, -0.2) is 14.2 Å². The number of hydrogen-bond acceptors (Lipinski definition) is 6. The van der Waals surface area contributed by atoms with Crippen molar-refractivity contribution in [2.45, 2.75) is 0 Å². The van der Waals surface area contributed by atoms with Crippen molar-refractivity contribution >= 4 is 16.5 Å². The molecule has 0 saturated heterocycles. The Kier molecular flexibility index (Phi) is 40.5. The van der Waals surface area contributed by atoms with Gasteiger partial charge >= 0.3 is 119 Å². The minimum Gasteiger partial charge on any atom is -0.566 e. The van der Waals surface area contributed by atoms with E-state index in [0.29, 0.717) is 0 Å². The molecule has 0 aliphatic heterocycles. The van der Waals surface area contributed by atoms with Crippen LogP contribution in [0.5, 0.6) is 0 Å². The Labute approximate surface area is 158 Å². The van der Waals surface area contributed by atoms with Crippen molar-refractivity contribution in [3.8, 4) is 0 Å². The molecule has 0 aromatic rings. The molecule has 0 radical (unpaired) electrons. The van der Waals surface area contributed by atoms with Gasteiger partial charge in [-0.15, -0.1) is 0 Å². The minimum atomic E-state index is -2.60. The molecule has 0 bridgehead atoms. The van der Waals surface area contributed by atoms with Crippen molar-refractivity contribution in [1.29, 1.82) is 0 Å². The third kappa shape index (κ3) is 37.7. The normalized spacial score (nSPS) is 9.33. The smallest absolute Gasteiger partial charge is 0.566 e. The molecule has 10 heteroatoms. The molecule has 0 heterocycles. The van der Waals surface area contributed by atoms with E-state index in [2.05, 4.69) is 9.05 Å². The zero-order valence-electron chi connectivity index (χ0n) is 7.34. The molecular weight excluding hydrogens is 260 g/mol. The van der Waals surface area contributed by atoms with Crippen LogP contribution in [0.1, 0.15) is 0 Å². The summed E-state index contributed by atoms with van der Waals surface area (Å²) < 4.78 is 25.8. The molecule has 0 saturated carbocycles. The van der Waals surface area contributed by atoms with Gasteiger partial charge in [0.1, 0.15) is 0 Å². The van der Waals surface area contributed by atoms with E-state index in [1.54, 1.807) is 0 Å². The van der Waals surface area contributed by atoms with Crippen LogP contribution in [0.25, 0.3) is 0 Å². The molecule has 0 fully saturated rings. The van der Waals surface area contributed by atoms with Crippen LogP contribution in [0.2, 0.25) is 0 Å². The SMILES string of the molecule is CO[P+](=O)[O-].CO[P+](=O)[O-].[K+].[K+]. The standard InChI is InChI=1S/2CH3O3P.2K/c2*1-4-5(2)3;;/h2*1H3;;/q;;2*+1. The average Bonchev–Trinajstić information content (AvgIpc) is 1.89. The van der Waals surface area contributed by atoms with Gasteiger partial charge in [0.2, 0.25) is 0 Å². The molecule has 2 atom stereocenters. The Hall–Kier alpha value is 3.31. The summed E-state index contributed by atoms with van der Waals surface area (Å²) in [5.74, 6) is 0. The second kappa shape index (κ2) is 19.8. The van der Waals surface area contributed by atoms with E-state index >= 15 is 0 Å². The minimum absolute atomic E-state index is 0. The molecule has 0 aromatic heterocycles. The molecule has 60 valence electrons. The molecule has 0 aromatic carbocycles. The summed E-state index contributed by atoms with van der Waals surface area (Å²) in [6.07, 6.45) is 0. The Morgan fingerprint density at radius 3 is 1.00 bits per heavy atom. The first-order chi connectivity index (χ1) is 4.54. The Balaban J connectivity index is -0.0000000457. The van der Waals surface area contributed by atoms with Gasteiger partial charge in [0.15, 0.2) is 0 Å². The van der Waals surface area contributed by atoms with Crippen LogP contribution in [0.15, 0.2) is 0 Å². The van der Waals surface area contributed by atoms with Crippen molar-refractivity contribution in [3.63, 3.8) is 0 Å². The fraction of sp³-hybridized carbons (Fsp3) is 1.00. The van der Waals surface area contributed by atoms with E-state index < -0.39 is 16.5 Å². The summed E-state index contributed by atoms with van der Waals surface area (Å²) in [6, 6.07) is 0. The summed E-state index contributed by atoms with van der Waals surface area (Å²) in [7, 11) is -2.99. The first kappa shape index (κ1) is 24.5. The van der Waals surface area contributed by atoms with Crippen molar-refractivity contribution in [1.82, 2.24) is 0 Å². The molecule has 0 aliphatic carbocycles. The maximum atomic E-state index is 9.18. The number of rotatable bonds is 2. The zero-order valence-corrected chi connectivity index (χ0v) is 15.4. The molecule has 2 unspecified atom stereocenters. The van der Waals surface area contributed by atoms with Crippen molar-refractivity contribution < 1.29 is 131 Å². The molecule has 0 aliphatic rings. The van der Waals surface area contributed by atoms with Crippen molar-refractivity contribution in [3.05, 3.63) is 0 Å². The first-order valence-corrected chi connectivity index (χ1v) is 4.10. The fourth-order valence-corrected chi connectivity index (χ4v) is 0. The monoisotopic (exact) mass is 266 g/mol. The second-order valence-corrected chi connectivity index (χ2v) is 2.44. The molecule has 0 rings (SSSR count). The Morgan fingerprint density at radius 1 is 0.917 bits per heavy atom. The van der Waals surface area contributed by atoms with E-state index in [-0.39, 0.29) is 103 Å². The predicted octanol–water partition coefficient (Wildman–Crippen LogP) is -6.69. The van der Waals surface area contributed by atoms with Crippen LogP contribution in [0.3, 0.4) is 0 Å². The van der Waals surface area contributed by atoms with Crippen LogP contribution in [0, 0.1) is 0 Å². The van der Waals surface area contributed by atoms with Crippen LogP contribution >= 0.6 is 16.5 Å². The maximum Gasteiger partial charge on any atom is 1.00 e. The van der Waals surface area contributed by atoms with E-state index in [1.807, 2.05) is 0 Å². The van der Waals surface area contributed by atoms with Crippen molar-refractivity contribution in [2.24, 2.45) is 0 Å². The summed E-state index contributed by atoms with van der Waals surface area (Å²) >= 11 is 0. The van der Waals surface area contributed by atoms with Gasteiger partial charge in [-0.1, -0.05) is 0 Å². The van der Waals surface area contributed by atoms with Crippen molar-refractivity contribution in [2.75, 3.05) is 14.2 Å². The van der Waals surface area contributed by atoms with Gasteiger partial charge in [-0.25, -0.2) is 0 Å². The van der Waals surface area contributed by atoms with Gasteiger partial charge in [0.25, 0.3) is 0 Å². The van der Waals surface area contributed by atoms with Gasteiger partial charge < -0.3 is 9.79 Å². The summed E-state index contributed by atoms with van der Waals surface area (Å²) in [5.41, 5.74) is 0. The molecule has 6 nitrogen and oxygen atoms in total. The summed E-state index contributed by atoms with van der Waals surface area (Å²) in [6.45, 7) is 0. The van der Waals surface area contributed by atoms with Gasteiger partial charge in [-0.2, -0.15) is 9.05 Å². The second-order valence-electron chi connectivity index (χ2n) is 0.812. The predicted molar refractivity (Wildman–Crippen MR) is 29.2 cm³/mol. The average molecular weight is 266 g/mol. The maximum absolute atomic E-state index is 9.18. The Morgan fingerprint density at radius 2 is 1.00 bits per heavy atom. The van der Waals surface area contributed by atoms with Crippen LogP contribution in [-0.2, 0) is 18.2 Å². The van der Waals surface area contributed by atoms with Gasteiger partial charge in [-0.05, 0) is 9.13 Å². The first-order valence-electron chi connectivity index (χ1n) is 1.91. The molecule has 0 amide bonds. The Bertz CT molecular complexity index is 106. The molecular formula is C2H6K2O6P2+2. The third-order valence-electron chi connectivity index (χ3n) is 0.298. The molecule has 12 heavy (non-hydrogen) atoms. The van der Waals surface area contributed by atoms with E-state index in [4.69, 9.17) is 0 Å². The molecule has 0 N–H and O–H groups in total. The topological polar surface area (TPSA) is 98.7 Å². The largest absolute Gasteiger partial charge is 1.00 e. The van der Waals surface area contributed by atoms with E-state index in [0.717, 1.165) is 14.2 Å². The van der Waals surface area contributed by atoms with E-state index in [1.165, 1.54) is 0 Å². The molecule has 0 spiro atoms. The fourth-order valence-electron chi connectivity index (χ4n) is 0. The zero-order chi connectivity index (χ0) is 8.57. The van der Waals surface area contributed by atoms with Crippen LogP contribution < -0.4 is 113 Å². The van der Waals surface area contributed by atoms with Gasteiger partial charge in [0.05, 0.1) is 14.2 Å². The summed E-state index contributed by atoms with van der Waals surface area (Å²) in [4.78, 5) is 18.4. The van der Waals surface area contributed by atoms with E-state index in [9.17, 15) is 18.9 Å². The van der Waals surface area contributed by atoms with Gasteiger partial charge in [-0.3, -0.25) is 0 Å². The van der Waals surface area contributed by atoms with Gasteiger partial charge in [0, 0.05) is 0 Å². The quantitative estimate of drug-likeness (QED) is 0.364. The van der Waals surface area contributed by atoms with Crippen LogP contribution in [0.4, 0.5) is 0 Å². The summed E-state index contributed by atoms with van der Waals surface area (Å²) in [5, 5.41) is 0. The third-order valence-corrected chi connectivity index (χ3v) is 0.894.